The van der Waals surface area contributed by atoms with Gasteiger partial charge in [0.15, 0.2) is 0 Å². The van der Waals surface area contributed by atoms with Gasteiger partial charge in [0, 0.05) is 22.2 Å². The first-order valence-corrected chi connectivity index (χ1v) is 6.54. The fourth-order valence-corrected chi connectivity index (χ4v) is 2.01. The quantitative estimate of drug-likeness (QED) is 0.686. The summed E-state index contributed by atoms with van der Waals surface area (Å²) in [6.45, 7) is 10.2. The molecule has 98 valence electrons. The lowest BCUT2D eigenvalue weighted by Crippen LogP contribution is -2.45. The average molecular weight is 311 g/mol. The second kappa shape index (κ2) is 5.57. The molecule has 2 N–H and O–H groups in total. The van der Waals surface area contributed by atoms with Crippen molar-refractivity contribution in [3.63, 3.8) is 0 Å². The molecule has 0 heterocycles. The summed E-state index contributed by atoms with van der Waals surface area (Å²) in [7, 11) is 0. The molecule has 1 aromatic carbocycles. The molecule has 0 saturated heterocycles. The molecule has 4 heteroatoms. The number of nitrogens with two attached hydrogens (primary N) is 1. The van der Waals surface area contributed by atoms with E-state index >= 15 is 0 Å². The van der Waals surface area contributed by atoms with Crippen LogP contribution in [0.2, 0.25) is 0 Å². The third-order valence-corrected chi connectivity index (χ3v) is 3.11. The Hall–Kier alpha value is -1.29. The minimum Gasteiger partial charge on any atom is -0.398 e. The molecule has 3 nitrogen and oxygen atoms in total. The van der Waals surface area contributed by atoms with Gasteiger partial charge in [0.1, 0.15) is 0 Å². The van der Waals surface area contributed by atoms with Crippen molar-refractivity contribution >= 4 is 27.5 Å². The van der Waals surface area contributed by atoms with E-state index in [-0.39, 0.29) is 11.4 Å². The highest BCUT2D eigenvalue weighted by molar-refractivity contribution is 9.10. The zero-order chi connectivity index (χ0) is 13.9. The highest BCUT2D eigenvalue weighted by Crippen LogP contribution is 2.23. The van der Waals surface area contributed by atoms with Crippen molar-refractivity contribution in [1.82, 2.24) is 4.90 Å². The SMILES string of the molecule is C=CCN(C(=O)c1cc(Br)ccc1N)C(C)(C)C. The maximum atomic E-state index is 12.5. The lowest BCUT2D eigenvalue weighted by Gasteiger charge is -2.35. The number of anilines is 1. The number of carbonyl (C=O) groups excluding carboxylic acids is 1. The molecule has 0 saturated carbocycles. The minimum atomic E-state index is -0.278. The summed E-state index contributed by atoms with van der Waals surface area (Å²) in [5.74, 6) is -0.0822. The predicted octanol–water partition coefficient (Wildman–Crippen LogP) is 3.46. The van der Waals surface area contributed by atoms with Crippen LogP contribution in [0.1, 0.15) is 31.1 Å². The molecule has 18 heavy (non-hydrogen) atoms. The van der Waals surface area contributed by atoms with Gasteiger partial charge < -0.3 is 10.6 Å². The highest BCUT2D eigenvalue weighted by Gasteiger charge is 2.27. The Morgan fingerprint density at radius 1 is 1.50 bits per heavy atom. The van der Waals surface area contributed by atoms with E-state index < -0.39 is 0 Å². The Bertz CT molecular complexity index is 463. The van der Waals surface area contributed by atoms with Crippen LogP contribution in [0.5, 0.6) is 0 Å². The summed E-state index contributed by atoms with van der Waals surface area (Å²) >= 11 is 3.36. The normalized spacial score (nSPS) is 11.1. The van der Waals surface area contributed by atoms with Crippen molar-refractivity contribution in [1.29, 1.82) is 0 Å². The Labute approximate surface area is 117 Å². The summed E-state index contributed by atoms with van der Waals surface area (Å²) in [4.78, 5) is 14.3. The lowest BCUT2D eigenvalue weighted by molar-refractivity contribution is 0.0617. The van der Waals surface area contributed by atoms with Gasteiger partial charge >= 0.3 is 0 Å². The third kappa shape index (κ3) is 3.35. The fourth-order valence-electron chi connectivity index (χ4n) is 1.65. The van der Waals surface area contributed by atoms with E-state index in [9.17, 15) is 4.79 Å². The van der Waals surface area contributed by atoms with Gasteiger partial charge in [0.25, 0.3) is 5.91 Å². The molecule has 0 atom stereocenters. The van der Waals surface area contributed by atoms with Crippen molar-refractivity contribution in [2.45, 2.75) is 26.3 Å². The van der Waals surface area contributed by atoms with Crippen LogP contribution in [-0.2, 0) is 0 Å². The number of hydrogen-bond donors (Lipinski definition) is 1. The Morgan fingerprint density at radius 2 is 2.11 bits per heavy atom. The number of benzene rings is 1. The van der Waals surface area contributed by atoms with Crippen LogP contribution in [0, 0.1) is 0 Å². The van der Waals surface area contributed by atoms with Gasteiger partial charge in [-0.1, -0.05) is 22.0 Å². The number of nitrogens with zero attached hydrogens (tertiary/aromatic N) is 1. The van der Waals surface area contributed by atoms with Crippen LogP contribution in [0.25, 0.3) is 0 Å². The maximum Gasteiger partial charge on any atom is 0.256 e. The zero-order valence-electron chi connectivity index (χ0n) is 11.0. The van der Waals surface area contributed by atoms with Gasteiger partial charge in [0.05, 0.1) is 5.56 Å². The second-order valence-electron chi connectivity index (χ2n) is 5.11. The standard InChI is InChI=1S/C14H19BrN2O/c1-5-8-17(14(2,3)4)13(18)11-9-10(15)6-7-12(11)16/h5-7,9H,1,8,16H2,2-4H3. The van der Waals surface area contributed by atoms with Crippen molar-refractivity contribution in [3.8, 4) is 0 Å². The first-order chi connectivity index (χ1) is 8.27. The third-order valence-electron chi connectivity index (χ3n) is 2.61. The van der Waals surface area contributed by atoms with E-state index in [2.05, 4.69) is 22.5 Å². The number of halogens is 1. The highest BCUT2D eigenvalue weighted by atomic mass is 79.9. The van der Waals surface area contributed by atoms with Gasteiger partial charge in [0.2, 0.25) is 0 Å². The minimum absolute atomic E-state index is 0.0822. The molecule has 0 unspecified atom stereocenters. The van der Waals surface area contributed by atoms with Crippen molar-refractivity contribution < 1.29 is 4.79 Å². The predicted molar refractivity (Wildman–Crippen MR) is 79.5 cm³/mol. The van der Waals surface area contributed by atoms with E-state index in [0.717, 1.165) is 4.47 Å². The second-order valence-corrected chi connectivity index (χ2v) is 6.02. The van der Waals surface area contributed by atoms with Crippen molar-refractivity contribution in [3.05, 3.63) is 40.9 Å². The molecule has 0 aromatic heterocycles. The summed E-state index contributed by atoms with van der Waals surface area (Å²) < 4.78 is 0.840. The lowest BCUT2D eigenvalue weighted by atomic mass is 10.0. The van der Waals surface area contributed by atoms with E-state index in [1.807, 2.05) is 26.8 Å². The molecule has 0 bridgehead atoms. The number of amides is 1. The first kappa shape index (κ1) is 14.8. The molecule has 0 aliphatic heterocycles. The maximum absolute atomic E-state index is 12.5. The van der Waals surface area contributed by atoms with Crippen LogP contribution >= 0.6 is 15.9 Å². The number of nitrogen functional groups attached to an aromatic ring is 1. The zero-order valence-corrected chi connectivity index (χ0v) is 12.6. The molecular weight excluding hydrogens is 292 g/mol. The molecular formula is C14H19BrN2O. The van der Waals surface area contributed by atoms with E-state index in [1.165, 1.54) is 0 Å². The van der Waals surface area contributed by atoms with Gasteiger partial charge in [-0.25, -0.2) is 0 Å². The molecule has 0 aliphatic rings. The Balaban J connectivity index is 3.17. The topological polar surface area (TPSA) is 46.3 Å². The van der Waals surface area contributed by atoms with Crippen LogP contribution < -0.4 is 5.73 Å². The van der Waals surface area contributed by atoms with Gasteiger partial charge in [-0.2, -0.15) is 0 Å². The number of hydrogen-bond acceptors (Lipinski definition) is 2. The first-order valence-electron chi connectivity index (χ1n) is 5.75. The van der Waals surface area contributed by atoms with E-state index in [0.29, 0.717) is 17.8 Å². The van der Waals surface area contributed by atoms with Crippen LogP contribution in [-0.4, -0.2) is 22.9 Å². The van der Waals surface area contributed by atoms with Crippen LogP contribution in [0.4, 0.5) is 5.69 Å². The fraction of sp³-hybridized carbons (Fsp3) is 0.357. The Morgan fingerprint density at radius 3 is 2.61 bits per heavy atom. The number of rotatable bonds is 3. The van der Waals surface area contributed by atoms with Gasteiger partial charge in [-0.3, -0.25) is 4.79 Å². The molecule has 0 fully saturated rings. The Kier molecular flexibility index (Phi) is 4.57. The largest absolute Gasteiger partial charge is 0.398 e. The summed E-state index contributed by atoms with van der Waals surface area (Å²) in [6, 6.07) is 5.30. The molecule has 1 amide bonds. The number of carbonyl (C=O) groups is 1. The summed E-state index contributed by atoms with van der Waals surface area (Å²) in [5, 5.41) is 0. The van der Waals surface area contributed by atoms with E-state index in [4.69, 9.17) is 5.73 Å². The summed E-state index contributed by atoms with van der Waals surface area (Å²) in [5.41, 5.74) is 6.60. The molecule has 0 radical (unpaired) electrons. The molecule has 1 rings (SSSR count). The van der Waals surface area contributed by atoms with Gasteiger partial charge in [-0.05, 0) is 39.0 Å². The van der Waals surface area contributed by atoms with Gasteiger partial charge in [-0.15, -0.1) is 6.58 Å². The smallest absolute Gasteiger partial charge is 0.256 e. The molecule has 0 aliphatic carbocycles. The van der Waals surface area contributed by atoms with Crippen molar-refractivity contribution in [2.24, 2.45) is 0 Å². The average Bonchev–Trinajstić information content (AvgIpc) is 2.27. The monoisotopic (exact) mass is 310 g/mol. The van der Waals surface area contributed by atoms with Crippen molar-refractivity contribution in [2.75, 3.05) is 12.3 Å². The summed E-state index contributed by atoms with van der Waals surface area (Å²) in [6.07, 6.45) is 1.72. The molecule has 0 spiro atoms. The molecule has 1 aromatic rings. The van der Waals surface area contributed by atoms with E-state index in [1.54, 1.807) is 23.1 Å². The van der Waals surface area contributed by atoms with Crippen LogP contribution in [0.15, 0.2) is 35.3 Å². The van der Waals surface area contributed by atoms with Crippen LogP contribution in [0.3, 0.4) is 0 Å².